The number of morpholine rings is 2. The number of hydrogen-bond donors (Lipinski definition) is 0. The van der Waals surface area contributed by atoms with Crippen molar-refractivity contribution in [3.8, 4) is 0 Å². The van der Waals surface area contributed by atoms with Gasteiger partial charge in [-0.15, -0.1) is 0 Å². The maximum atomic E-state index is 12.9. The second-order valence-electron chi connectivity index (χ2n) is 10.1. The van der Waals surface area contributed by atoms with Crippen LogP contribution < -0.4 is 0 Å². The van der Waals surface area contributed by atoms with E-state index < -0.39 is 32.0 Å². The topological polar surface area (TPSA) is 146 Å². The molecular formula is C30H32N2O10S2. The Kier molecular flexibility index (Phi) is 10.1. The fourth-order valence-corrected chi connectivity index (χ4v) is 7.54. The standard InChI is InChI=1S/C30H32N2O10S2/c33-29(25-3-1-5-27(19-25)43(35,36)31-11-15-39-16-12-31)41-21-23-7-9-24(10-8-23)22-42-30(34)26-4-2-6-28(20-26)44(37,38)32-13-17-40-18-14-32/h1-10,19-20H,11-18,21-22H2. The molecule has 3 aromatic rings. The number of sulfonamides is 2. The van der Waals surface area contributed by atoms with E-state index in [2.05, 4.69) is 0 Å². The summed E-state index contributed by atoms with van der Waals surface area (Å²) in [6.07, 6.45) is 0. The number of nitrogens with zero attached hydrogens (tertiary/aromatic N) is 2. The molecule has 12 nitrogen and oxygen atoms in total. The van der Waals surface area contributed by atoms with Gasteiger partial charge in [0, 0.05) is 26.2 Å². The van der Waals surface area contributed by atoms with E-state index in [1.165, 1.54) is 57.1 Å². The number of carbonyl (C=O) groups is 2. The van der Waals surface area contributed by atoms with E-state index in [0.717, 1.165) is 0 Å². The number of esters is 2. The SMILES string of the molecule is O=C(OCc1ccc(COC(=O)c2cccc(S(=O)(=O)N3CCOCC3)c2)cc1)c1cccc(S(=O)(=O)N2CCOCC2)c1. The maximum absolute atomic E-state index is 12.9. The highest BCUT2D eigenvalue weighted by molar-refractivity contribution is 7.89. The molecule has 2 fully saturated rings. The van der Waals surface area contributed by atoms with Crippen molar-refractivity contribution in [1.82, 2.24) is 8.61 Å². The summed E-state index contributed by atoms with van der Waals surface area (Å²) in [6, 6.07) is 18.3. The lowest BCUT2D eigenvalue weighted by Crippen LogP contribution is -2.40. The third-order valence-electron chi connectivity index (χ3n) is 7.12. The first-order chi connectivity index (χ1) is 21.1. The molecule has 0 saturated carbocycles. The highest BCUT2D eigenvalue weighted by Crippen LogP contribution is 2.21. The Morgan fingerprint density at radius 3 is 1.32 bits per heavy atom. The Hall–Kier alpha value is -3.66. The summed E-state index contributed by atoms with van der Waals surface area (Å²) in [6.45, 7) is 2.16. The summed E-state index contributed by atoms with van der Waals surface area (Å²) >= 11 is 0. The molecule has 14 heteroatoms. The van der Waals surface area contributed by atoms with Gasteiger partial charge in [0.1, 0.15) is 13.2 Å². The Bertz CT molecular complexity index is 1570. The third kappa shape index (κ3) is 7.52. The average molecular weight is 645 g/mol. The number of hydrogen-bond acceptors (Lipinski definition) is 10. The van der Waals surface area contributed by atoms with Crippen LogP contribution in [0, 0.1) is 0 Å². The minimum absolute atomic E-state index is 0.0122. The molecule has 0 aromatic heterocycles. The largest absolute Gasteiger partial charge is 0.457 e. The van der Waals surface area contributed by atoms with Crippen LogP contribution in [0.2, 0.25) is 0 Å². The van der Waals surface area contributed by atoms with Crippen molar-refractivity contribution in [2.24, 2.45) is 0 Å². The quantitative estimate of drug-likeness (QED) is 0.302. The van der Waals surface area contributed by atoms with Gasteiger partial charge in [-0.05, 0) is 47.5 Å². The van der Waals surface area contributed by atoms with Crippen molar-refractivity contribution < 1.29 is 45.4 Å². The molecule has 0 amide bonds. The van der Waals surface area contributed by atoms with Gasteiger partial charge in [0.25, 0.3) is 0 Å². The zero-order chi connectivity index (χ0) is 31.2. The lowest BCUT2D eigenvalue weighted by Gasteiger charge is -2.26. The molecule has 3 aromatic carbocycles. The third-order valence-corrected chi connectivity index (χ3v) is 10.9. The van der Waals surface area contributed by atoms with Gasteiger partial charge in [-0.1, -0.05) is 36.4 Å². The molecule has 2 saturated heterocycles. The van der Waals surface area contributed by atoms with Crippen molar-refractivity contribution >= 4 is 32.0 Å². The van der Waals surface area contributed by atoms with Crippen molar-refractivity contribution in [2.75, 3.05) is 52.6 Å². The number of rotatable bonds is 10. The highest BCUT2D eigenvalue weighted by Gasteiger charge is 2.28. The van der Waals surface area contributed by atoms with Gasteiger partial charge in [0.2, 0.25) is 20.0 Å². The van der Waals surface area contributed by atoms with E-state index in [4.69, 9.17) is 18.9 Å². The molecule has 0 N–H and O–H groups in total. The molecule has 2 heterocycles. The number of carbonyl (C=O) groups excluding carboxylic acids is 2. The molecule has 0 spiro atoms. The van der Waals surface area contributed by atoms with Crippen LogP contribution in [0.25, 0.3) is 0 Å². The Balaban J connectivity index is 1.14. The van der Waals surface area contributed by atoms with Gasteiger partial charge in [-0.3, -0.25) is 0 Å². The van der Waals surface area contributed by atoms with Crippen molar-refractivity contribution in [1.29, 1.82) is 0 Å². The summed E-state index contributed by atoms with van der Waals surface area (Å²) in [7, 11) is -7.51. The first kappa shape index (κ1) is 31.8. The normalized spacial score (nSPS) is 16.7. The summed E-state index contributed by atoms with van der Waals surface area (Å²) in [4.78, 5) is 25.4. The monoisotopic (exact) mass is 644 g/mol. The second-order valence-corrected chi connectivity index (χ2v) is 13.9. The molecule has 0 atom stereocenters. The maximum Gasteiger partial charge on any atom is 0.338 e. The molecular weight excluding hydrogens is 612 g/mol. The predicted molar refractivity (Wildman–Crippen MR) is 157 cm³/mol. The van der Waals surface area contributed by atoms with Crippen LogP contribution in [0.15, 0.2) is 82.6 Å². The summed E-state index contributed by atoms with van der Waals surface area (Å²) in [5.41, 5.74) is 1.58. The van der Waals surface area contributed by atoms with E-state index in [1.54, 1.807) is 24.3 Å². The van der Waals surface area contributed by atoms with Gasteiger partial charge in [0.05, 0.1) is 47.3 Å². The zero-order valence-electron chi connectivity index (χ0n) is 23.8. The van der Waals surface area contributed by atoms with Crippen LogP contribution in [-0.2, 0) is 52.2 Å². The first-order valence-electron chi connectivity index (χ1n) is 13.9. The summed E-state index contributed by atoms with van der Waals surface area (Å²) < 4.78 is 75.6. The van der Waals surface area contributed by atoms with E-state index in [-0.39, 0.29) is 60.3 Å². The number of benzene rings is 3. The second kappa shape index (κ2) is 14.0. The van der Waals surface area contributed by atoms with Gasteiger partial charge in [0.15, 0.2) is 0 Å². The molecule has 0 bridgehead atoms. The summed E-state index contributed by atoms with van der Waals surface area (Å²) in [5, 5.41) is 0. The van der Waals surface area contributed by atoms with E-state index in [0.29, 0.717) is 37.6 Å². The zero-order valence-corrected chi connectivity index (χ0v) is 25.4. The molecule has 5 rings (SSSR count). The lowest BCUT2D eigenvalue weighted by atomic mass is 10.1. The minimum Gasteiger partial charge on any atom is -0.457 e. The van der Waals surface area contributed by atoms with Crippen LogP contribution in [0.4, 0.5) is 0 Å². The summed E-state index contributed by atoms with van der Waals surface area (Å²) in [5.74, 6) is -1.33. The van der Waals surface area contributed by atoms with Crippen LogP contribution in [0.3, 0.4) is 0 Å². The molecule has 2 aliphatic heterocycles. The molecule has 2 aliphatic rings. The average Bonchev–Trinajstić information content (AvgIpc) is 3.07. The molecule has 0 unspecified atom stereocenters. The van der Waals surface area contributed by atoms with Gasteiger partial charge in [-0.2, -0.15) is 8.61 Å². The van der Waals surface area contributed by atoms with Crippen molar-refractivity contribution in [3.05, 3.63) is 95.1 Å². The van der Waals surface area contributed by atoms with Gasteiger partial charge in [-0.25, -0.2) is 26.4 Å². The lowest BCUT2D eigenvalue weighted by molar-refractivity contribution is 0.0460. The van der Waals surface area contributed by atoms with Crippen molar-refractivity contribution in [3.63, 3.8) is 0 Å². The molecule has 234 valence electrons. The first-order valence-corrected chi connectivity index (χ1v) is 16.8. The number of ether oxygens (including phenoxy) is 4. The predicted octanol–water partition coefficient (Wildman–Crippen LogP) is 2.44. The minimum atomic E-state index is -3.76. The Labute approximate surface area is 256 Å². The molecule has 0 radical (unpaired) electrons. The highest BCUT2D eigenvalue weighted by atomic mass is 32.2. The van der Waals surface area contributed by atoms with Crippen LogP contribution >= 0.6 is 0 Å². The van der Waals surface area contributed by atoms with Crippen molar-refractivity contribution in [2.45, 2.75) is 23.0 Å². The fourth-order valence-electron chi connectivity index (χ4n) is 4.64. The fraction of sp³-hybridized carbons (Fsp3) is 0.333. The smallest absolute Gasteiger partial charge is 0.338 e. The Morgan fingerprint density at radius 2 is 0.955 bits per heavy atom. The Morgan fingerprint density at radius 1 is 0.591 bits per heavy atom. The molecule has 44 heavy (non-hydrogen) atoms. The van der Waals surface area contributed by atoms with Crippen LogP contribution in [0.1, 0.15) is 31.8 Å². The van der Waals surface area contributed by atoms with Gasteiger partial charge < -0.3 is 18.9 Å². The van der Waals surface area contributed by atoms with Crippen LogP contribution in [-0.4, -0.2) is 90.0 Å². The molecule has 0 aliphatic carbocycles. The van der Waals surface area contributed by atoms with Gasteiger partial charge >= 0.3 is 11.9 Å². The van der Waals surface area contributed by atoms with E-state index in [1.807, 2.05) is 0 Å². The van der Waals surface area contributed by atoms with Crippen LogP contribution in [0.5, 0.6) is 0 Å². The van der Waals surface area contributed by atoms with E-state index in [9.17, 15) is 26.4 Å². The van der Waals surface area contributed by atoms with E-state index >= 15 is 0 Å².